The van der Waals surface area contributed by atoms with Gasteiger partial charge in [0.15, 0.2) is 0 Å². The van der Waals surface area contributed by atoms with Crippen LogP contribution in [0.4, 0.5) is 0 Å². The van der Waals surface area contributed by atoms with Crippen molar-refractivity contribution in [1.82, 2.24) is 4.98 Å². The molecule has 0 bridgehead atoms. The summed E-state index contributed by atoms with van der Waals surface area (Å²) in [6.07, 6.45) is 1.70. The van der Waals surface area contributed by atoms with Crippen LogP contribution in [0.25, 0.3) is 11.1 Å². The first-order valence-corrected chi connectivity index (χ1v) is 4.93. The molecule has 1 N–H and O–H groups in total. The number of aryl methyl sites for hydroxylation is 1. The van der Waals surface area contributed by atoms with E-state index < -0.39 is 0 Å². The first kappa shape index (κ1) is 9.87. The average Bonchev–Trinajstić information content (AvgIpc) is 2.30. The van der Waals surface area contributed by atoms with Gasteiger partial charge < -0.3 is 5.11 Å². The zero-order valence-corrected chi connectivity index (χ0v) is 8.64. The molecule has 0 amide bonds. The van der Waals surface area contributed by atoms with Gasteiger partial charge in [0.25, 0.3) is 0 Å². The molecule has 2 rings (SSSR count). The van der Waals surface area contributed by atoms with Gasteiger partial charge in [0, 0.05) is 11.8 Å². The van der Waals surface area contributed by atoms with Crippen LogP contribution in [-0.4, -0.2) is 10.1 Å². The van der Waals surface area contributed by atoms with Gasteiger partial charge in [0.2, 0.25) is 0 Å². The minimum atomic E-state index is -0.0233. The standard InChI is InChI=1S/C13H13NO/c1-10-5-2-3-6-11(10)12-7-4-8-14-13(12)9-15/h2-8,15H,9H2,1H3. The molecule has 2 nitrogen and oxygen atoms in total. The molecular formula is C13H13NO. The molecule has 2 aromatic rings. The maximum atomic E-state index is 9.21. The highest BCUT2D eigenvalue weighted by molar-refractivity contribution is 5.68. The van der Waals surface area contributed by atoms with E-state index in [1.165, 1.54) is 5.56 Å². The fraction of sp³-hybridized carbons (Fsp3) is 0.154. The summed E-state index contributed by atoms with van der Waals surface area (Å²) in [6.45, 7) is 2.04. The number of hydrogen-bond acceptors (Lipinski definition) is 2. The molecule has 0 fully saturated rings. The van der Waals surface area contributed by atoms with Crippen molar-refractivity contribution in [3.05, 3.63) is 53.9 Å². The molecule has 76 valence electrons. The second kappa shape index (κ2) is 4.24. The Hall–Kier alpha value is -1.67. The number of rotatable bonds is 2. The molecule has 0 saturated carbocycles. The molecule has 0 saturated heterocycles. The molecule has 1 aromatic heterocycles. The van der Waals surface area contributed by atoms with Gasteiger partial charge in [-0.15, -0.1) is 0 Å². The van der Waals surface area contributed by atoms with Crippen molar-refractivity contribution in [2.75, 3.05) is 0 Å². The van der Waals surface area contributed by atoms with Crippen LogP contribution in [0.2, 0.25) is 0 Å². The Labute approximate surface area is 89.2 Å². The summed E-state index contributed by atoms with van der Waals surface area (Å²) in [5.41, 5.74) is 4.07. The van der Waals surface area contributed by atoms with Crippen LogP contribution >= 0.6 is 0 Å². The summed E-state index contributed by atoms with van der Waals surface area (Å²) in [6, 6.07) is 12.0. The van der Waals surface area contributed by atoms with E-state index in [9.17, 15) is 5.11 Å². The molecule has 0 unspecified atom stereocenters. The van der Waals surface area contributed by atoms with E-state index in [-0.39, 0.29) is 6.61 Å². The van der Waals surface area contributed by atoms with Crippen molar-refractivity contribution in [2.24, 2.45) is 0 Å². The van der Waals surface area contributed by atoms with Crippen molar-refractivity contribution >= 4 is 0 Å². The van der Waals surface area contributed by atoms with Gasteiger partial charge in [0.1, 0.15) is 0 Å². The Kier molecular flexibility index (Phi) is 2.79. The summed E-state index contributed by atoms with van der Waals surface area (Å²) in [7, 11) is 0. The lowest BCUT2D eigenvalue weighted by Crippen LogP contribution is -1.94. The SMILES string of the molecule is Cc1ccccc1-c1cccnc1CO. The number of aliphatic hydroxyl groups is 1. The highest BCUT2D eigenvalue weighted by Crippen LogP contribution is 2.25. The molecule has 0 spiro atoms. The molecule has 0 aliphatic rings. The van der Waals surface area contributed by atoms with E-state index >= 15 is 0 Å². The average molecular weight is 199 g/mol. The third-order valence-electron chi connectivity index (χ3n) is 2.48. The normalized spacial score (nSPS) is 10.3. The molecule has 0 atom stereocenters. The van der Waals surface area contributed by atoms with Crippen LogP contribution in [0, 0.1) is 6.92 Å². The Morgan fingerprint density at radius 1 is 1.07 bits per heavy atom. The number of pyridine rings is 1. The monoisotopic (exact) mass is 199 g/mol. The van der Waals surface area contributed by atoms with E-state index in [0.717, 1.165) is 16.8 Å². The van der Waals surface area contributed by atoms with E-state index in [4.69, 9.17) is 0 Å². The van der Waals surface area contributed by atoms with Crippen molar-refractivity contribution in [1.29, 1.82) is 0 Å². The molecule has 2 heteroatoms. The van der Waals surface area contributed by atoms with E-state index in [1.54, 1.807) is 6.20 Å². The fourth-order valence-electron chi connectivity index (χ4n) is 1.68. The number of aliphatic hydroxyl groups excluding tert-OH is 1. The highest BCUT2D eigenvalue weighted by Gasteiger charge is 2.06. The summed E-state index contributed by atoms with van der Waals surface area (Å²) in [5, 5.41) is 9.21. The first-order valence-electron chi connectivity index (χ1n) is 4.93. The molecule has 0 aliphatic carbocycles. The summed E-state index contributed by atoms with van der Waals surface area (Å²) in [4.78, 5) is 4.16. The molecule has 0 radical (unpaired) electrons. The van der Waals surface area contributed by atoms with Gasteiger partial charge in [0.05, 0.1) is 12.3 Å². The van der Waals surface area contributed by atoms with Crippen LogP contribution in [-0.2, 0) is 6.61 Å². The lowest BCUT2D eigenvalue weighted by atomic mass is 9.99. The van der Waals surface area contributed by atoms with Crippen molar-refractivity contribution < 1.29 is 5.11 Å². The predicted octanol–water partition coefficient (Wildman–Crippen LogP) is 2.55. The number of aromatic nitrogens is 1. The smallest absolute Gasteiger partial charge is 0.0859 e. The molecule has 1 heterocycles. The maximum absolute atomic E-state index is 9.21. The maximum Gasteiger partial charge on any atom is 0.0859 e. The minimum Gasteiger partial charge on any atom is -0.390 e. The Morgan fingerprint density at radius 2 is 1.80 bits per heavy atom. The van der Waals surface area contributed by atoms with Crippen molar-refractivity contribution in [2.45, 2.75) is 13.5 Å². The van der Waals surface area contributed by atoms with Crippen LogP contribution in [0.1, 0.15) is 11.3 Å². The second-order valence-corrected chi connectivity index (χ2v) is 3.47. The van der Waals surface area contributed by atoms with Crippen LogP contribution in [0.5, 0.6) is 0 Å². The lowest BCUT2D eigenvalue weighted by molar-refractivity contribution is 0.277. The predicted molar refractivity (Wildman–Crippen MR) is 60.3 cm³/mol. The van der Waals surface area contributed by atoms with E-state index in [2.05, 4.69) is 18.0 Å². The largest absolute Gasteiger partial charge is 0.390 e. The van der Waals surface area contributed by atoms with Crippen molar-refractivity contribution in [3.63, 3.8) is 0 Å². The van der Waals surface area contributed by atoms with Gasteiger partial charge in [-0.2, -0.15) is 0 Å². The topological polar surface area (TPSA) is 33.1 Å². The Bertz CT molecular complexity index is 466. The number of benzene rings is 1. The van der Waals surface area contributed by atoms with Crippen LogP contribution in [0.15, 0.2) is 42.6 Å². The van der Waals surface area contributed by atoms with E-state index in [0.29, 0.717) is 0 Å². The Morgan fingerprint density at radius 3 is 2.53 bits per heavy atom. The molecular weight excluding hydrogens is 186 g/mol. The van der Waals surface area contributed by atoms with Gasteiger partial charge in [-0.25, -0.2) is 0 Å². The molecule has 1 aromatic carbocycles. The summed E-state index contributed by atoms with van der Waals surface area (Å²) in [5.74, 6) is 0. The number of nitrogens with zero attached hydrogens (tertiary/aromatic N) is 1. The van der Waals surface area contributed by atoms with Crippen molar-refractivity contribution in [3.8, 4) is 11.1 Å². The molecule has 15 heavy (non-hydrogen) atoms. The quantitative estimate of drug-likeness (QED) is 0.806. The summed E-state index contributed by atoms with van der Waals surface area (Å²) >= 11 is 0. The van der Waals surface area contributed by atoms with Crippen LogP contribution in [0.3, 0.4) is 0 Å². The zero-order valence-electron chi connectivity index (χ0n) is 8.64. The third kappa shape index (κ3) is 1.90. The lowest BCUT2D eigenvalue weighted by Gasteiger charge is -2.08. The number of hydrogen-bond donors (Lipinski definition) is 1. The minimum absolute atomic E-state index is 0.0233. The Balaban J connectivity index is 2.59. The van der Waals surface area contributed by atoms with Gasteiger partial charge in [-0.1, -0.05) is 30.3 Å². The highest BCUT2D eigenvalue weighted by atomic mass is 16.3. The van der Waals surface area contributed by atoms with E-state index in [1.807, 2.05) is 30.3 Å². The first-order chi connectivity index (χ1) is 7.33. The van der Waals surface area contributed by atoms with Crippen LogP contribution < -0.4 is 0 Å². The van der Waals surface area contributed by atoms with Gasteiger partial charge in [-0.3, -0.25) is 4.98 Å². The molecule has 0 aliphatic heterocycles. The zero-order chi connectivity index (χ0) is 10.7. The van der Waals surface area contributed by atoms with Gasteiger partial charge >= 0.3 is 0 Å². The fourth-order valence-corrected chi connectivity index (χ4v) is 1.68. The van der Waals surface area contributed by atoms with Gasteiger partial charge in [-0.05, 0) is 24.1 Å². The third-order valence-corrected chi connectivity index (χ3v) is 2.48. The summed E-state index contributed by atoms with van der Waals surface area (Å²) < 4.78 is 0. The second-order valence-electron chi connectivity index (χ2n) is 3.47.